The number of para-hydroxylation sites is 3. The van der Waals surface area contributed by atoms with Gasteiger partial charge in [0.25, 0.3) is 5.91 Å². The van der Waals surface area contributed by atoms with Gasteiger partial charge in [-0.15, -0.1) is 0 Å². The van der Waals surface area contributed by atoms with Gasteiger partial charge < -0.3 is 14.8 Å². The lowest BCUT2D eigenvalue weighted by molar-refractivity contribution is 0.0974. The third-order valence-corrected chi connectivity index (χ3v) is 4.94. The average molecular weight is 449 g/mol. The summed E-state index contributed by atoms with van der Waals surface area (Å²) in [4.78, 5) is 12.8. The molecule has 0 saturated carbocycles. The van der Waals surface area contributed by atoms with Gasteiger partial charge in [0, 0.05) is 6.42 Å². The number of carbonyl (C=O) groups excluding carboxylic acids is 1. The first kappa shape index (κ1) is 23.3. The highest BCUT2D eigenvalue weighted by atomic mass is 32.1. The first-order valence-electron chi connectivity index (χ1n) is 10.8. The van der Waals surface area contributed by atoms with Crippen LogP contribution in [-0.2, 0) is 6.42 Å². The van der Waals surface area contributed by atoms with Gasteiger partial charge in [-0.2, -0.15) is 0 Å². The average Bonchev–Trinajstić information content (AvgIpc) is 2.81. The number of amides is 1. The molecule has 2 N–H and O–H groups in total. The van der Waals surface area contributed by atoms with Crippen LogP contribution in [0, 0.1) is 0 Å². The van der Waals surface area contributed by atoms with E-state index in [9.17, 15) is 4.79 Å². The Bertz CT molecular complexity index is 1020. The summed E-state index contributed by atoms with van der Waals surface area (Å²) in [5.41, 5.74) is 2.32. The molecule has 0 saturated heterocycles. The van der Waals surface area contributed by atoms with Crippen LogP contribution in [0.3, 0.4) is 0 Å². The zero-order chi connectivity index (χ0) is 22.6. The molecule has 3 rings (SSSR count). The van der Waals surface area contributed by atoms with Crippen LogP contribution in [-0.4, -0.2) is 24.2 Å². The van der Waals surface area contributed by atoms with Gasteiger partial charge in [0.1, 0.15) is 11.5 Å². The molecule has 6 heteroatoms. The van der Waals surface area contributed by atoms with E-state index < -0.39 is 0 Å². The van der Waals surface area contributed by atoms with Gasteiger partial charge in [0.2, 0.25) is 0 Å². The minimum Gasteiger partial charge on any atom is -0.492 e. The van der Waals surface area contributed by atoms with Crippen LogP contribution < -0.4 is 20.1 Å². The summed E-state index contributed by atoms with van der Waals surface area (Å²) in [7, 11) is 0. The highest BCUT2D eigenvalue weighted by Crippen LogP contribution is 2.24. The Morgan fingerprint density at radius 2 is 1.50 bits per heavy atom. The zero-order valence-electron chi connectivity index (χ0n) is 18.2. The molecular formula is C26H28N2O3S. The molecule has 32 heavy (non-hydrogen) atoms. The molecule has 0 aliphatic rings. The number of ether oxygens (including phenoxy) is 2. The third kappa shape index (κ3) is 7.10. The van der Waals surface area contributed by atoms with Crippen molar-refractivity contribution in [2.45, 2.75) is 26.2 Å². The molecule has 0 aliphatic carbocycles. The molecule has 1 amide bonds. The molecule has 0 aliphatic heterocycles. The molecule has 3 aromatic carbocycles. The number of hydrogen-bond acceptors (Lipinski definition) is 4. The Kier molecular flexibility index (Phi) is 9.07. The predicted octanol–water partition coefficient (Wildman–Crippen LogP) is 5.61. The zero-order valence-corrected chi connectivity index (χ0v) is 19.0. The van der Waals surface area contributed by atoms with Crippen molar-refractivity contribution >= 4 is 28.9 Å². The molecule has 0 unspecified atom stereocenters. The van der Waals surface area contributed by atoms with E-state index in [4.69, 9.17) is 21.7 Å². The SMILES string of the molecule is CCCCOc1ccccc1NC(=S)NC(=O)c1ccccc1OCCc1ccccc1. The molecule has 5 nitrogen and oxygen atoms in total. The van der Waals surface area contributed by atoms with E-state index in [1.165, 1.54) is 5.56 Å². The molecule has 0 bridgehead atoms. The molecule has 0 fully saturated rings. The van der Waals surface area contributed by atoms with E-state index in [0.717, 1.165) is 19.3 Å². The fourth-order valence-electron chi connectivity index (χ4n) is 3.05. The Morgan fingerprint density at radius 1 is 0.844 bits per heavy atom. The third-order valence-electron chi connectivity index (χ3n) is 4.74. The fraction of sp³-hybridized carbons (Fsp3) is 0.231. The first-order valence-corrected chi connectivity index (χ1v) is 11.2. The quantitative estimate of drug-likeness (QED) is 0.312. The Hall–Kier alpha value is -3.38. The normalized spacial score (nSPS) is 10.3. The lowest BCUT2D eigenvalue weighted by Crippen LogP contribution is -2.34. The first-order chi connectivity index (χ1) is 15.7. The Morgan fingerprint density at radius 3 is 2.28 bits per heavy atom. The number of rotatable bonds is 10. The van der Waals surface area contributed by atoms with Crippen molar-refractivity contribution in [2.24, 2.45) is 0 Å². The Labute approximate surface area is 194 Å². The molecule has 166 valence electrons. The highest BCUT2D eigenvalue weighted by molar-refractivity contribution is 7.80. The summed E-state index contributed by atoms with van der Waals surface area (Å²) in [5.74, 6) is 0.886. The molecule has 0 atom stereocenters. The molecule has 0 radical (unpaired) electrons. The van der Waals surface area contributed by atoms with E-state index in [-0.39, 0.29) is 11.0 Å². The highest BCUT2D eigenvalue weighted by Gasteiger charge is 2.14. The van der Waals surface area contributed by atoms with Crippen LogP contribution in [0.4, 0.5) is 5.69 Å². The van der Waals surface area contributed by atoms with Gasteiger partial charge in [-0.05, 0) is 48.5 Å². The monoisotopic (exact) mass is 448 g/mol. The topological polar surface area (TPSA) is 59.6 Å². The van der Waals surface area contributed by atoms with Crippen LogP contribution in [0.1, 0.15) is 35.7 Å². The van der Waals surface area contributed by atoms with Crippen molar-refractivity contribution in [3.63, 3.8) is 0 Å². The van der Waals surface area contributed by atoms with Crippen LogP contribution in [0.25, 0.3) is 0 Å². The van der Waals surface area contributed by atoms with Gasteiger partial charge in [0.15, 0.2) is 5.11 Å². The molecule has 0 heterocycles. The van der Waals surface area contributed by atoms with Crippen molar-refractivity contribution in [3.8, 4) is 11.5 Å². The second-order valence-corrected chi connectivity index (χ2v) is 7.59. The number of hydrogen-bond donors (Lipinski definition) is 2. The maximum absolute atomic E-state index is 12.8. The molecular weight excluding hydrogens is 420 g/mol. The van der Waals surface area contributed by atoms with Gasteiger partial charge in [-0.1, -0.05) is 67.9 Å². The standard InChI is InChI=1S/C26H28N2O3S/c1-2-3-18-30-24-16-10-8-14-22(24)27-26(32)28-25(29)21-13-7-9-15-23(21)31-19-17-20-11-5-4-6-12-20/h4-16H,2-3,17-19H2,1H3,(H2,27,28,29,32). The lowest BCUT2D eigenvalue weighted by atomic mass is 10.1. The number of anilines is 1. The van der Waals surface area contributed by atoms with Crippen LogP contribution in [0.2, 0.25) is 0 Å². The van der Waals surface area contributed by atoms with Crippen molar-refractivity contribution in [1.29, 1.82) is 0 Å². The minimum atomic E-state index is -0.331. The number of unbranched alkanes of at least 4 members (excludes halogenated alkanes) is 1. The Balaban J connectivity index is 1.58. The van der Waals surface area contributed by atoms with Gasteiger partial charge in [0.05, 0.1) is 24.5 Å². The van der Waals surface area contributed by atoms with Crippen LogP contribution >= 0.6 is 12.2 Å². The maximum Gasteiger partial charge on any atom is 0.261 e. The summed E-state index contributed by atoms with van der Waals surface area (Å²) in [6.45, 7) is 3.21. The van der Waals surface area contributed by atoms with Crippen molar-refractivity contribution < 1.29 is 14.3 Å². The number of nitrogens with one attached hydrogen (secondary N) is 2. The molecule has 3 aromatic rings. The van der Waals surface area contributed by atoms with Crippen molar-refractivity contribution in [1.82, 2.24) is 5.32 Å². The van der Waals surface area contributed by atoms with E-state index in [2.05, 4.69) is 29.7 Å². The van der Waals surface area contributed by atoms with E-state index in [1.54, 1.807) is 18.2 Å². The predicted molar refractivity (Wildman–Crippen MR) is 133 cm³/mol. The van der Waals surface area contributed by atoms with Crippen LogP contribution in [0.15, 0.2) is 78.9 Å². The van der Waals surface area contributed by atoms with Crippen molar-refractivity contribution in [3.05, 3.63) is 90.0 Å². The molecule has 0 spiro atoms. The minimum absolute atomic E-state index is 0.195. The number of carbonyl (C=O) groups is 1. The summed E-state index contributed by atoms with van der Waals surface area (Å²) in [5, 5.41) is 5.98. The van der Waals surface area contributed by atoms with E-state index >= 15 is 0 Å². The second kappa shape index (κ2) is 12.5. The lowest BCUT2D eigenvalue weighted by Gasteiger charge is -2.15. The van der Waals surface area contributed by atoms with E-state index in [1.807, 2.05) is 48.5 Å². The van der Waals surface area contributed by atoms with E-state index in [0.29, 0.717) is 36.0 Å². The summed E-state index contributed by atoms with van der Waals surface area (Å²) in [6, 6.07) is 24.7. The van der Waals surface area contributed by atoms with Gasteiger partial charge >= 0.3 is 0 Å². The van der Waals surface area contributed by atoms with Crippen molar-refractivity contribution in [2.75, 3.05) is 18.5 Å². The van der Waals surface area contributed by atoms with Gasteiger partial charge in [-0.25, -0.2) is 0 Å². The largest absolute Gasteiger partial charge is 0.492 e. The maximum atomic E-state index is 12.8. The fourth-order valence-corrected chi connectivity index (χ4v) is 3.25. The van der Waals surface area contributed by atoms with Gasteiger partial charge in [-0.3, -0.25) is 10.1 Å². The second-order valence-electron chi connectivity index (χ2n) is 7.19. The number of thiocarbonyl (C=S) groups is 1. The summed E-state index contributed by atoms with van der Waals surface area (Å²) >= 11 is 5.36. The van der Waals surface area contributed by atoms with Crippen LogP contribution in [0.5, 0.6) is 11.5 Å². The molecule has 0 aromatic heterocycles. The smallest absolute Gasteiger partial charge is 0.261 e. The summed E-state index contributed by atoms with van der Waals surface area (Å²) in [6.07, 6.45) is 2.78. The summed E-state index contributed by atoms with van der Waals surface area (Å²) < 4.78 is 11.7. The number of benzene rings is 3.